The summed E-state index contributed by atoms with van der Waals surface area (Å²) in [7, 11) is 0. The van der Waals surface area contributed by atoms with Crippen molar-refractivity contribution in [3.05, 3.63) is 29.3 Å². The summed E-state index contributed by atoms with van der Waals surface area (Å²) < 4.78 is 5.80. The summed E-state index contributed by atoms with van der Waals surface area (Å²) in [5, 5.41) is 0. The first-order chi connectivity index (χ1) is 7.80. The van der Waals surface area contributed by atoms with Crippen molar-refractivity contribution in [2.75, 3.05) is 6.61 Å². The molecule has 1 heteroatoms. The fraction of sp³-hybridized carbons (Fsp3) is 0.625. The molecule has 1 aromatic carbocycles. The molecule has 1 aliphatic rings. The first kappa shape index (κ1) is 12.5. The quantitative estimate of drug-likeness (QED) is 0.743. The van der Waals surface area contributed by atoms with E-state index in [1.54, 1.807) is 0 Å². The van der Waals surface area contributed by atoms with E-state index >= 15 is 0 Å². The molecule has 17 heavy (non-hydrogen) atoms. The Morgan fingerprint density at radius 2 is 1.94 bits per heavy atom. The molecule has 2 rings (SSSR count). The van der Waals surface area contributed by atoms with Gasteiger partial charge in [-0.15, -0.1) is 0 Å². The van der Waals surface area contributed by atoms with E-state index in [9.17, 15) is 0 Å². The third-order valence-corrected chi connectivity index (χ3v) is 3.33. The molecular formula is C16H23O. The van der Waals surface area contributed by atoms with Crippen LogP contribution in [-0.2, 0) is 11.8 Å². The zero-order valence-electron chi connectivity index (χ0n) is 11.7. The third-order valence-electron chi connectivity index (χ3n) is 3.33. The zero-order valence-corrected chi connectivity index (χ0v) is 11.7. The van der Waals surface area contributed by atoms with Crippen LogP contribution in [-0.4, -0.2) is 6.61 Å². The van der Waals surface area contributed by atoms with Crippen molar-refractivity contribution in [2.45, 2.75) is 52.9 Å². The SMILES string of the molecule is CC(C)(C)CC(C)(C)c1cc[c]c2c1OCC2. The molecule has 0 saturated heterocycles. The summed E-state index contributed by atoms with van der Waals surface area (Å²) in [5.41, 5.74) is 3.08. The van der Waals surface area contributed by atoms with Gasteiger partial charge in [0.1, 0.15) is 5.75 Å². The summed E-state index contributed by atoms with van der Waals surface area (Å²) >= 11 is 0. The maximum Gasteiger partial charge on any atom is 0.126 e. The monoisotopic (exact) mass is 231 g/mol. The number of fused-ring (bicyclic) bond motifs is 1. The molecular weight excluding hydrogens is 208 g/mol. The Kier molecular flexibility index (Phi) is 2.97. The van der Waals surface area contributed by atoms with Crippen LogP contribution in [0.3, 0.4) is 0 Å². The largest absolute Gasteiger partial charge is 0.493 e. The van der Waals surface area contributed by atoms with E-state index in [4.69, 9.17) is 4.74 Å². The van der Waals surface area contributed by atoms with Crippen LogP contribution in [0.5, 0.6) is 5.75 Å². The van der Waals surface area contributed by atoms with Gasteiger partial charge in [-0.1, -0.05) is 46.8 Å². The first-order valence-corrected chi connectivity index (χ1v) is 6.46. The van der Waals surface area contributed by atoms with Gasteiger partial charge in [-0.25, -0.2) is 0 Å². The molecule has 0 unspecified atom stereocenters. The van der Waals surface area contributed by atoms with Crippen LogP contribution in [0.15, 0.2) is 12.1 Å². The van der Waals surface area contributed by atoms with Gasteiger partial charge < -0.3 is 4.74 Å². The van der Waals surface area contributed by atoms with Crippen LogP contribution in [0.1, 0.15) is 52.2 Å². The van der Waals surface area contributed by atoms with E-state index in [0.717, 1.165) is 25.2 Å². The molecule has 0 N–H and O–H groups in total. The highest BCUT2D eigenvalue weighted by Gasteiger charge is 2.31. The van der Waals surface area contributed by atoms with Gasteiger partial charge in [0.05, 0.1) is 6.61 Å². The van der Waals surface area contributed by atoms with Crippen LogP contribution in [0, 0.1) is 11.5 Å². The summed E-state index contributed by atoms with van der Waals surface area (Å²) in [6.45, 7) is 12.3. The van der Waals surface area contributed by atoms with Crippen molar-refractivity contribution in [3.63, 3.8) is 0 Å². The standard InChI is InChI=1S/C16H23O/c1-15(2,3)11-16(4,5)13-8-6-7-12-9-10-17-14(12)13/h6,8H,9-11H2,1-5H3. The van der Waals surface area contributed by atoms with E-state index in [1.807, 2.05) is 6.07 Å². The van der Waals surface area contributed by atoms with E-state index in [-0.39, 0.29) is 5.41 Å². The maximum absolute atomic E-state index is 5.80. The van der Waals surface area contributed by atoms with Crippen molar-refractivity contribution in [3.8, 4) is 5.75 Å². The molecule has 1 aromatic rings. The Morgan fingerprint density at radius 3 is 2.59 bits per heavy atom. The van der Waals surface area contributed by atoms with Gasteiger partial charge in [0.25, 0.3) is 0 Å². The number of ether oxygens (including phenoxy) is 1. The lowest BCUT2D eigenvalue weighted by Gasteiger charge is -2.33. The lowest BCUT2D eigenvalue weighted by atomic mass is 9.72. The van der Waals surface area contributed by atoms with Gasteiger partial charge in [-0.05, 0) is 23.3 Å². The smallest absolute Gasteiger partial charge is 0.126 e. The average molecular weight is 231 g/mol. The topological polar surface area (TPSA) is 9.23 Å². The molecule has 0 aliphatic carbocycles. The first-order valence-electron chi connectivity index (χ1n) is 6.46. The van der Waals surface area contributed by atoms with Crippen molar-refractivity contribution < 1.29 is 4.74 Å². The van der Waals surface area contributed by atoms with Crippen LogP contribution in [0.2, 0.25) is 0 Å². The lowest BCUT2D eigenvalue weighted by molar-refractivity contribution is 0.274. The zero-order chi connectivity index (χ0) is 12.7. The van der Waals surface area contributed by atoms with Crippen molar-refractivity contribution in [1.29, 1.82) is 0 Å². The Labute approximate surface area is 105 Å². The second-order valence-corrected chi connectivity index (χ2v) is 6.92. The summed E-state index contributed by atoms with van der Waals surface area (Å²) in [6, 6.07) is 7.52. The van der Waals surface area contributed by atoms with Gasteiger partial charge in [0.2, 0.25) is 0 Å². The molecule has 1 heterocycles. The summed E-state index contributed by atoms with van der Waals surface area (Å²) in [5.74, 6) is 1.10. The Balaban J connectivity index is 2.37. The van der Waals surface area contributed by atoms with Gasteiger partial charge in [0.15, 0.2) is 0 Å². The average Bonchev–Trinajstić information content (AvgIpc) is 2.60. The molecule has 1 nitrogen and oxygen atoms in total. The van der Waals surface area contributed by atoms with Crippen LogP contribution >= 0.6 is 0 Å². The normalized spacial score (nSPS) is 15.6. The maximum atomic E-state index is 5.80. The molecule has 93 valence electrons. The predicted molar refractivity (Wildman–Crippen MR) is 71.6 cm³/mol. The molecule has 1 aliphatic heterocycles. The molecule has 0 aromatic heterocycles. The second kappa shape index (κ2) is 4.04. The third kappa shape index (κ3) is 2.65. The Morgan fingerprint density at radius 1 is 1.24 bits per heavy atom. The fourth-order valence-corrected chi connectivity index (χ4v) is 3.09. The van der Waals surface area contributed by atoms with Gasteiger partial charge >= 0.3 is 0 Å². The number of rotatable bonds is 2. The fourth-order valence-electron chi connectivity index (χ4n) is 3.09. The minimum Gasteiger partial charge on any atom is -0.493 e. The molecule has 1 radical (unpaired) electrons. The molecule has 0 atom stereocenters. The molecule has 0 bridgehead atoms. The summed E-state index contributed by atoms with van der Waals surface area (Å²) in [6.07, 6.45) is 2.16. The van der Waals surface area contributed by atoms with E-state index in [1.165, 1.54) is 11.1 Å². The van der Waals surface area contributed by atoms with E-state index in [2.05, 4.69) is 46.8 Å². The van der Waals surface area contributed by atoms with Gasteiger partial charge in [-0.2, -0.15) is 0 Å². The van der Waals surface area contributed by atoms with Crippen molar-refractivity contribution >= 4 is 0 Å². The lowest BCUT2D eigenvalue weighted by Crippen LogP contribution is -2.25. The van der Waals surface area contributed by atoms with Gasteiger partial charge in [-0.3, -0.25) is 0 Å². The van der Waals surface area contributed by atoms with Crippen molar-refractivity contribution in [2.24, 2.45) is 5.41 Å². The van der Waals surface area contributed by atoms with E-state index < -0.39 is 0 Å². The minimum atomic E-state index is 0.155. The predicted octanol–water partition coefficient (Wildman–Crippen LogP) is 4.14. The molecule has 0 spiro atoms. The van der Waals surface area contributed by atoms with E-state index in [0.29, 0.717) is 5.41 Å². The van der Waals surface area contributed by atoms with Crippen LogP contribution in [0.4, 0.5) is 0 Å². The number of hydrogen-bond donors (Lipinski definition) is 0. The molecule has 0 amide bonds. The minimum absolute atomic E-state index is 0.155. The van der Waals surface area contributed by atoms with Gasteiger partial charge in [0, 0.05) is 17.5 Å². The van der Waals surface area contributed by atoms with Crippen molar-refractivity contribution in [1.82, 2.24) is 0 Å². The number of hydrogen-bond acceptors (Lipinski definition) is 1. The second-order valence-electron chi connectivity index (χ2n) is 6.92. The van der Waals surface area contributed by atoms with Crippen LogP contribution in [0.25, 0.3) is 0 Å². The Hall–Kier alpha value is -0.980. The highest BCUT2D eigenvalue weighted by Crippen LogP contribution is 2.42. The van der Waals surface area contributed by atoms with Crippen LogP contribution < -0.4 is 4.74 Å². The number of benzene rings is 1. The Bertz CT molecular complexity index is 410. The summed E-state index contributed by atoms with van der Waals surface area (Å²) in [4.78, 5) is 0. The highest BCUT2D eigenvalue weighted by atomic mass is 16.5. The highest BCUT2D eigenvalue weighted by molar-refractivity contribution is 5.47. The molecule has 0 fully saturated rings. The molecule has 0 saturated carbocycles.